The molecule has 0 N–H and O–H groups in total. The summed E-state index contributed by atoms with van der Waals surface area (Å²) < 4.78 is 7.03. The Morgan fingerprint density at radius 3 is 2.90 bits per heavy atom. The highest BCUT2D eigenvalue weighted by Crippen LogP contribution is 2.22. The molecule has 3 rings (SSSR count). The van der Waals surface area contributed by atoms with Crippen molar-refractivity contribution in [2.75, 3.05) is 13.1 Å². The van der Waals surface area contributed by atoms with Crippen LogP contribution in [0.25, 0.3) is 0 Å². The lowest BCUT2D eigenvalue weighted by molar-refractivity contribution is 0.191. The van der Waals surface area contributed by atoms with Gasteiger partial charge in [0, 0.05) is 36.4 Å². The molecule has 3 nitrogen and oxygen atoms in total. The number of benzene rings is 1. The van der Waals surface area contributed by atoms with E-state index in [1.54, 1.807) is 6.20 Å². The zero-order valence-electron chi connectivity index (χ0n) is 12.1. The van der Waals surface area contributed by atoms with Gasteiger partial charge in [0.25, 0.3) is 0 Å². The van der Waals surface area contributed by atoms with Crippen LogP contribution in [-0.2, 0) is 6.54 Å². The fourth-order valence-electron chi connectivity index (χ4n) is 2.63. The first-order valence-electron chi connectivity index (χ1n) is 7.26. The van der Waals surface area contributed by atoms with E-state index >= 15 is 0 Å². The molecule has 0 bridgehead atoms. The molecule has 2 heterocycles. The van der Waals surface area contributed by atoms with Crippen LogP contribution >= 0.6 is 15.9 Å². The number of ether oxygens (including phenoxy) is 1. The van der Waals surface area contributed by atoms with E-state index in [1.165, 1.54) is 5.56 Å². The third-order valence-corrected chi connectivity index (χ3v) is 4.62. The Balaban J connectivity index is 1.56. The normalized spacial score (nSPS) is 18.9. The first kappa shape index (κ1) is 14.5. The summed E-state index contributed by atoms with van der Waals surface area (Å²) >= 11 is 3.46. The van der Waals surface area contributed by atoms with Gasteiger partial charge in [-0.25, -0.2) is 4.98 Å². The van der Waals surface area contributed by atoms with Gasteiger partial charge in [0.2, 0.25) is 5.88 Å². The fourth-order valence-corrected chi connectivity index (χ4v) is 2.84. The van der Waals surface area contributed by atoms with Crippen molar-refractivity contribution in [2.24, 2.45) is 0 Å². The summed E-state index contributed by atoms with van der Waals surface area (Å²) in [6.07, 6.45) is 3.10. The van der Waals surface area contributed by atoms with Crippen LogP contribution in [0.5, 0.6) is 5.88 Å². The van der Waals surface area contributed by atoms with Crippen molar-refractivity contribution in [1.82, 2.24) is 9.88 Å². The number of pyridine rings is 1. The number of aryl methyl sites for hydroxylation is 1. The zero-order valence-corrected chi connectivity index (χ0v) is 13.7. The molecule has 1 aliphatic rings. The Bertz CT molecular complexity index is 603. The van der Waals surface area contributed by atoms with E-state index in [4.69, 9.17) is 4.74 Å². The van der Waals surface area contributed by atoms with E-state index in [1.807, 2.05) is 6.07 Å². The smallest absolute Gasteiger partial charge is 0.213 e. The predicted molar refractivity (Wildman–Crippen MR) is 87.4 cm³/mol. The highest BCUT2D eigenvalue weighted by Gasteiger charge is 2.24. The molecule has 0 saturated carbocycles. The number of rotatable bonds is 4. The lowest BCUT2D eigenvalue weighted by Gasteiger charge is -2.16. The minimum atomic E-state index is 0.238. The lowest BCUT2D eigenvalue weighted by Crippen LogP contribution is -2.24. The van der Waals surface area contributed by atoms with Crippen LogP contribution < -0.4 is 4.74 Å². The van der Waals surface area contributed by atoms with Crippen molar-refractivity contribution in [2.45, 2.75) is 26.0 Å². The standard InChI is InChI=1S/C17H19BrN2O/c1-13-9-17(19-10-16(13)18)21-15-7-8-20(12-15)11-14-5-3-2-4-6-14/h2-6,9-10,15H,7-8,11-12H2,1H3. The first-order valence-corrected chi connectivity index (χ1v) is 8.05. The van der Waals surface area contributed by atoms with Crippen LogP contribution in [0.4, 0.5) is 0 Å². The molecular formula is C17H19BrN2O. The summed E-state index contributed by atoms with van der Waals surface area (Å²) in [5, 5.41) is 0. The van der Waals surface area contributed by atoms with E-state index in [0.717, 1.165) is 42.0 Å². The van der Waals surface area contributed by atoms with Crippen molar-refractivity contribution in [3.8, 4) is 5.88 Å². The van der Waals surface area contributed by atoms with E-state index in [9.17, 15) is 0 Å². The van der Waals surface area contributed by atoms with E-state index < -0.39 is 0 Å². The van der Waals surface area contributed by atoms with Gasteiger partial charge < -0.3 is 4.74 Å². The Labute approximate surface area is 134 Å². The molecule has 1 atom stereocenters. The quantitative estimate of drug-likeness (QED) is 0.841. The van der Waals surface area contributed by atoms with E-state index in [-0.39, 0.29) is 6.10 Å². The molecule has 0 aliphatic carbocycles. The zero-order chi connectivity index (χ0) is 14.7. The highest BCUT2D eigenvalue weighted by molar-refractivity contribution is 9.10. The van der Waals surface area contributed by atoms with Crippen LogP contribution in [0.15, 0.2) is 47.1 Å². The monoisotopic (exact) mass is 346 g/mol. The molecule has 1 aromatic heterocycles. The molecule has 2 aromatic rings. The maximum atomic E-state index is 6.01. The van der Waals surface area contributed by atoms with Gasteiger partial charge in [0.15, 0.2) is 0 Å². The molecule has 1 unspecified atom stereocenters. The van der Waals surface area contributed by atoms with E-state index in [2.05, 4.69) is 63.1 Å². The molecule has 21 heavy (non-hydrogen) atoms. The van der Waals surface area contributed by atoms with Crippen LogP contribution in [0.3, 0.4) is 0 Å². The summed E-state index contributed by atoms with van der Waals surface area (Å²) in [6, 6.07) is 12.6. The van der Waals surface area contributed by atoms with Crippen LogP contribution in [-0.4, -0.2) is 29.1 Å². The molecule has 1 aromatic carbocycles. The molecule has 1 aliphatic heterocycles. The SMILES string of the molecule is Cc1cc(OC2CCN(Cc3ccccc3)C2)ncc1Br. The number of aromatic nitrogens is 1. The Morgan fingerprint density at radius 1 is 1.33 bits per heavy atom. The van der Waals surface area contributed by atoms with Gasteiger partial charge in [0.05, 0.1) is 0 Å². The van der Waals surface area contributed by atoms with Gasteiger partial charge >= 0.3 is 0 Å². The topological polar surface area (TPSA) is 25.4 Å². The van der Waals surface area contributed by atoms with E-state index in [0.29, 0.717) is 0 Å². The van der Waals surface area contributed by atoms with Crippen LogP contribution in [0.2, 0.25) is 0 Å². The molecule has 1 saturated heterocycles. The molecule has 4 heteroatoms. The van der Waals surface area contributed by atoms with Gasteiger partial charge in [-0.3, -0.25) is 4.90 Å². The van der Waals surface area contributed by atoms with Gasteiger partial charge in [-0.2, -0.15) is 0 Å². The third-order valence-electron chi connectivity index (χ3n) is 3.79. The third kappa shape index (κ3) is 3.83. The molecular weight excluding hydrogens is 328 g/mol. The average molecular weight is 347 g/mol. The molecule has 1 fully saturated rings. The van der Waals surface area contributed by atoms with Crippen LogP contribution in [0, 0.1) is 6.92 Å². The Morgan fingerprint density at radius 2 is 2.14 bits per heavy atom. The summed E-state index contributed by atoms with van der Waals surface area (Å²) in [6.45, 7) is 5.09. The van der Waals surface area contributed by atoms with Gasteiger partial charge in [-0.15, -0.1) is 0 Å². The van der Waals surface area contributed by atoms with Crippen molar-refractivity contribution in [1.29, 1.82) is 0 Å². The van der Waals surface area contributed by atoms with Crippen molar-refractivity contribution in [3.05, 3.63) is 58.2 Å². The summed E-state index contributed by atoms with van der Waals surface area (Å²) in [5.74, 6) is 0.724. The minimum Gasteiger partial charge on any atom is -0.473 e. The second kappa shape index (κ2) is 6.58. The summed E-state index contributed by atoms with van der Waals surface area (Å²) in [5.41, 5.74) is 2.51. The number of nitrogens with zero attached hydrogens (tertiary/aromatic N) is 2. The second-order valence-corrected chi connectivity index (χ2v) is 6.38. The van der Waals surface area contributed by atoms with Crippen LogP contribution in [0.1, 0.15) is 17.5 Å². The predicted octanol–water partition coefficient (Wildman–Crippen LogP) is 3.81. The summed E-state index contributed by atoms with van der Waals surface area (Å²) in [4.78, 5) is 6.76. The minimum absolute atomic E-state index is 0.238. The Kier molecular flexibility index (Phi) is 4.56. The second-order valence-electron chi connectivity index (χ2n) is 5.52. The average Bonchev–Trinajstić information content (AvgIpc) is 2.91. The van der Waals surface area contributed by atoms with Gasteiger partial charge in [-0.05, 0) is 40.4 Å². The van der Waals surface area contributed by atoms with Crippen molar-refractivity contribution in [3.63, 3.8) is 0 Å². The molecule has 0 radical (unpaired) electrons. The van der Waals surface area contributed by atoms with Crippen molar-refractivity contribution < 1.29 is 4.74 Å². The lowest BCUT2D eigenvalue weighted by atomic mass is 10.2. The molecule has 0 spiro atoms. The fraction of sp³-hybridized carbons (Fsp3) is 0.353. The van der Waals surface area contributed by atoms with Crippen molar-refractivity contribution >= 4 is 15.9 Å². The first-order chi connectivity index (χ1) is 10.2. The number of halogens is 1. The largest absolute Gasteiger partial charge is 0.473 e. The summed E-state index contributed by atoms with van der Waals surface area (Å²) in [7, 11) is 0. The maximum Gasteiger partial charge on any atom is 0.213 e. The van der Waals surface area contributed by atoms with Gasteiger partial charge in [-0.1, -0.05) is 30.3 Å². The Hall–Kier alpha value is -1.39. The number of hydrogen-bond acceptors (Lipinski definition) is 3. The van der Waals surface area contributed by atoms with Gasteiger partial charge in [0.1, 0.15) is 6.10 Å². The number of hydrogen-bond donors (Lipinski definition) is 0. The molecule has 110 valence electrons. The highest BCUT2D eigenvalue weighted by atomic mass is 79.9. The number of likely N-dealkylation sites (tertiary alicyclic amines) is 1. The molecule has 0 amide bonds. The maximum absolute atomic E-state index is 6.01.